The van der Waals surface area contributed by atoms with Crippen LogP contribution in [0.1, 0.15) is 36.0 Å². The number of amides is 1. The van der Waals surface area contributed by atoms with Crippen LogP contribution in [-0.4, -0.2) is 52.2 Å². The van der Waals surface area contributed by atoms with Crippen LogP contribution in [0.5, 0.6) is 5.75 Å². The Balaban J connectivity index is 1.43. The molecule has 2 aliphatic rings. The Bertz CT molecular complexity index is 1700. The monoisotopic (exact) mass is 639 g/mol. The average molecular weight is 640 g/mol. The second kappa shape index (κ2) is 11.6. The number of carbonyl (C=O) groups is 1. The van der Waals surface area contributed by atoms with Gasteiger partial charge in [-0.2, -0.15) is 13.2 Å². The molecule has 2 fully saturated rings. The van der Waals surface area contributed by atoms with Crippen LogP contribution in [0, 0.1) is 11.7 Å². The van der Waals surface area contributed by atoms with Crippen LogP contribution >= 0.6 is 0 Å². The van der Waals surface area contributed by atoms with Gasteiger partial charge in [0.05, 0.1) is 22.0 Å². The van der Waals surface area contributed by atoms with Crippen molar-refractivity contribution >= 4 is 25.6 Å². The van der Waals surface area contributed by atoms with Gasteiger partial charge in [-0.15, -0.1) is 0 Å². The van der Waals surface area contributed by atoms with Crippen molar-refractivity contribution in [3.8, 4) is 5.75 Å². The molecule has 0 aromatic heterocycles. The fourth-order valence-corrected chi connectivity index (χ4v) is 9.37. The van der Waals surface area contributed by atoms with Crippen LogP contribution in [0.15, 0.2) is 77.7 Å². The lowest BCUT2D eigenvalue weighted by Crippen LogP contribution is -2.43. The van der Waals surface area contributed by atoms with Crippen LogP contribution in [0.2, 0.25) is 0 Å². The molecule has 3 aromatic carbocycles. The number of hydrogen-bond donors (Lipinski definition) is 0. The number of benzene rings is 3. The lowest BCUT2D eigenvalue weighted by Gasteiger charge is -2.31. The first kappa shape index (κ1) is 31.0. The quantitative estimate of drug-likeness (QED) is 0.332. The van der Waals surface area contributed by atoms with E-state index in [1.807, 2.05) is 0 Å². The number of rotatable bonds is 7. The number of likely N-dealkylation sites (tertiary alicyclic amines) is 1. The van der Waals surface area contributed by atoms with Crippen molar-refractivity contribution in [3.63, 3.8) is 0 Å². The Hall–Kier alpha value is -3.45. The predicted octanol–water partition coefficient (Wildman–Crippen LogP) is 5.15. The summed E-state index contributed by atoms with van der Waals surface area (Å²) in [4.78, 5) is 14.9. The fourth-order valence-electron chi connectivity index (χ4n) is 5.78. The van der Waals surface area contributed by atoms with Gasteiger partial charge in [0.2, 0.25) is 5.91 Å². The van der Waals surface area contributed by atoms with Gasteiger partial charge in [-0.25, -0.2) is 21.2 Å². The number of carbonyl (C=O) groups excluding carboxylic acids is 1. The Morgan fingerprint density at radius 3 is 2.23 bits per heavy atom. The van der Waals surface area contributed by atoms with Gasteiger partial charge in [0.25, 0.3) is 0 Å². The third-order valence-electron chi connectivity index (χ3n) is 8.20. The topological polar surface area (TPSA) is 97.8 Å². The molecule has 0 N–H and O–H groups in total. The van der Waals surface area contributed by atoms with Crippen molar-refractivity contribution < 1.29 is 43.9 Å². The van der Waals surface area contributed by atoms with E-state index in [0.717, 1.165) is 18.2 Å². The second-order valence-corrected chi connectivity index (χ2v) is 15.4. The Labute approximate surface area is 247 Å². The van der Waals surface area contributed by atoms with Gasteiger partial charge in [0.15, 0.2) is 9.84 Å². The van der Waals surface area contributed by atoms with Crippen LogP contribution in [0.4, 0.5) is 17.6 Å². The molecule has 0 bridgehead atoms. The van der Waals surface area contributed by atoms with E-state index in [4.69, 9.17) is 4.74 Å². The maximum Gasteiger partial charge on any atom is 0.416 e. The maximum absolute atomic E-state index is 14.3. The van der Waals surface area contributed by atoms with Crippen LogP contribution in [0.3, 0.4) is 0 Å². The van der Waals surface area contributed by atoms with Crippen molar-refractivity contribution in [2.75, 3.05) is 24.6 Å². The highest BCUT2D eigenvalue weighted by Gasteiger charge is 2.52. The molecule has 2 aliphatic heterocycles. The summed E-state index contributed by atoms with van der Waals surface area (Å²) in [5, 5.41) is 0. The first-order valence-electron chi connectivity index (χ1n) is 13.6. The lowest BCUT2D eigenvalue weighted by molar-refractivity contribution is -0.139. The normalized spacial score (nSPS) is 21.1. The smallest absolute Gasteiger partial charge is 0.416 e. The van der Waals surface area contributed by atoms with Gasteiger partial charge in [-0.3, -0.25) is 4.79 Å². The lowest BCUT2D eigenvalue weighted by atomic mass is 9.97. The standard InChI is InChI=1S/C30H29F4NO6S2/c31-27-8-4-7-26(30(32,33)34)25(27)19-41-23-11-9-22(10-12-23)29(43(39,40)24-5-2-1-3-6-24)15-16-35(20-29)28(36)21-13-17-42(37,38)18-14-21/h1-12,21H,13-20H2. The van der Waals surface area contributed by atoms with E-state index < -0.39 is 60.1 Å². The maximum atomic E-state index is 14.3. The summed E-state index contributed by atoms with van der Waals surface area (Å²) < 4.78 is 110. The molecular formula is C30H29F4NO6S2. The molecule has 3 aromatic rings. The van der Waals surface area contributed by atoms with Crippen molar-refractivity contribution in [3.05, 3.63) is 95.3 Å². The summed E-state index contributed by atoms with van der Waals surface area (Å²) in [5.74, 6) is -1.96. The summed E-state index contributed by atoms with van der Waals surface area (Å²) in [5.41, 5.74) is -1.45. The Kier molecular flexibility index (Phi) is 8.34. The summed E-state index contributed by atoms with van der Waals surface area (Å²) >= 11 is 0. The van der Waals surface area contributed by atoms with Gasteiger partial charge in [-0.05, 0) is 61.2 Å². The SMILES string of the molecule is O=C(C1CCS(=O)(=O)CC1)N1CCC(c2ccc(OCc3c(F)cccc3C(F)(F)F)cc2)(S(=O)(=O)c2ccccc2)C1. The Morgan fingerprint density at radius 2 is 1.60 bits per heavy atom. The van der Waals surface area contributed by atoms with Crippen LogP contribution in [0.25, 0.3) is 0 Å². The van der Waals surface area contributed by atoms with Crippen molar-refractivity contribution in [2.45, 2.75) is 41.7 Å². The zero-order valence-electron chi connectivity index (χ0n) is 22.9. The highest BCUT2D eigenvalue weighted by molar-refractivity contribution is 7.92. The van der Waals surface area contributed by atoms with E-state index in [1.54, 1.807) is 18.2 Å². The van der Waals surface area contributed by atoms with Gasteiger partial charge in [-0.1, -0.05) is 36.4 Å². The molecule has 1 amide bonds. The molecule has 5 rings (SSSR count). The van der Waals surface area contributed by atoms with E-state index in [-0.39, 0.29) is 60.4 Å². The van der Waals surface area contributed by atoms with E-state index in [0.29, 0.717) is 5.56 Å². The highest BCUT2D eigenvalue weighted by atomic mass is 32.2. The molecule has 43 heavy (non-hydrogen) atoms. The van der Waals surface area contributed by atoms with Gasteiger partial charge in [0.1, 0.15) is 32.8 Å². The molecule has 0 radical (unpaired) electrons. The predicted molar refractivity (Wildman–Crippen MR) is 150 cm³/mol. The summed E-state index contributed by atoms with van der Waals surface area (Å²) in [6, 6.07) is 16.2. The van der Waals surface area contributed by atoms with E-state index in [1.165, 1.54) is 41.3 Å². The highest BCUT2D eigenvalue weighted by Crippen LogP contribution is 2.44. The van der Waals surface area contributed by atoms with Crippen LogP contribution < -0.4 is 4.74 Å². The molecule has 13 heteroatoms. The van der Waals surface area contributed by atoms with Gasteiger partial charge >= 0.3 is 6.18 Å². The first-order valence-corrected chi connectivity index (χ1v) is 16.9. The Morgan fingerprint density at radius 1 is 0.953 bits per heavy atom. The summed E-state index contributed by atoms with van der Waals surface area (Å²) in [6.45, 7) is -0.718. The molecule has 0 aliphatic carbocycles. The zero-order valence-corrected chi connectivity index (χ0v) is 24.5. The van der Waals surface area contributed by atoms with Gasteiger partial charge in [0, 0.05) is 24.6 Å². The molecule has 7 nitrogen and oxygen atoms in total. The molecule has 0 saturated carbocycles. The fraction of sp³-hybridized carbons (Fsp3) is 0.367. The van der Waals surface area contributed by atoms with Crippen LogP contribution in [-0.2, 0) is 42.0 Å². The number of ether oxygens (including phenoxy) is 1. The van der Waals surface area contributed by atoms with Crippen molar-refractivity contribution in [1.29, 1.82) is 0 Å². The molecule has 1 atom stereocenters. The number of alkyl halides is 3. The third-order valence-corrected chi connectivity index (χ3v) is 12.4. The number of sulfone groups is 2. The van der Waals surface area contributed by atoms with Crippen molar-refractivity contribution in [2.24, 2.45) is 5.92 Å². The molecule has 2 heterocycles. The molecule has 1 unspecified atom stereocenters. The minimum atomic E-state index is -4.78. The van der Waals surface area contributed by atoms with Gasteiger partial charge < -0.3 is 9.64 Å². The largest absolute Gasteiger partial charge is 0.489 e. The molecule has 0 spiro atoms. The number of nitrogens with zero attached hydrogens (tertiary/aromatic N) is 1. The summed E-state index contributed by atoms with van der Waals surface area (Å²) in [7, 11) is -7.26. The molecule has 230 valence electrons. The number of halogens is 4. The molecule has 2 saturated heterocycles. The van der Waals surface area contributed by atoms with E-state index in [9.17, 15) is 39.2 Å². The minimum absolute atomic E-state index is 0.0626. The summed E-state index contributed by atoms with van der Waals surface area (Å²) in [6.07, 6.45) is -4.34. The van der Waals surface area contributed by atoms with Crippen molar-refractivity contribution in [1.82, 2.24) is 4.90 Å². The second-order valence-electron chi connectivity index (χ2n) is 10.8. The minimum Gasteiger partial charge on any atom is -0.489 e. The van der Waals surface area contributed by atoms with E-state index in [2.05, 4.69) is 0 Å². The third kappa shape index (κ3) is 6.14. The average Bonchev–Trinajstić information content (AvgIpc) is 3.44. The number of hydrogen-bond acceptors (Lipinski definition) is 6. The zero-order chi connectivity index (χ0) is 31.0. The first-order chi connectivity index (χ1) is 20.2. The molecular weight excluding hydrogens is 610 g/mol. The van der Waals surface area contributed by atoms with E-state index >= 15 is 0 Å².